The van der Waals surface area contributed by atoms with E-state index in [4.69, 9.17) is 16.0 Å². The first-order valence-corrected chi connectivity index (χ1v) is 6.11. The standard InChI is InChI=1S/C10H6BrClO2S/c1-5-2-6(4-14-5)9(13)8-3-7(12)10(11)15-8/h2-4H,1H3. The van der Waals surface area contributed by atoms with Gasteiger partial charge in [0.15, 0.2) is 0 Å². The first-order chi connectivity index (χ1) is 7.08. The lowest BCUT2D eigenvalue weighted by molar-refractivity contribution is 0.104. The van der Waals surface area contributed by atoms with E-state index in [1.807, 2.05) is 0 Å². The van der Waals surface area contributed by atoms with E-state index in [0.29, 0.717) is 15.5 Å². The van der Waals surface area contributed by atoms with Crippen molar-refractivity contribution in [3.8, 4) is 0 Å². The smallest absolute Gasteiger partial charge is 0.206 e. The van der Waals surface area contributed by atoms with Crippen molar-refractivity contribution < 1.29 is 9.21 Å². The minimum Gasteiger partial charge on any atom is -0.469 e. The van der Waals surface area contributed by atoms with Crippen molar-refractivity contribution >= 4 is 44.7 Å². The van der Waals surface area contributed by atoms with Crippen molar-refractivity contribution in [2.45, 2.75) is 6.92 Å². The quantitative estimate of drug-likeness (QED) is 0.775. The molecule has 0 aliphatic rings. The van der Waals surface area contributed by atoms with Crippen LogP contribution >= 0.6 is 38.9 Å². The monoisotopic (exact) mass is 304 g/mol. The lowest BCUT2D eigenvalue weighted by Gasteiger charge is -1.89. The molecule has 2 nitrogen and oxygen atoms in total. The van der Waals surface area contributed by atoms with E-state index < -0.39 is 0 Å². The lowest BCUT2D eigenvalue weighted by atomic mass is 10.2. The van der Waals surface area contributed by atoms with Crippen LogP contribution in [-0.2, 0) is 0 Å². The van der Waals surface area contributed by atoms with E-state index in [-0.39, 0.29) is 5.78 Å². The lowest BCUT2D eigenvalue weighted by Crippen LogP contribution is -1.95. The van der Waals surface area contributed by atoms with Crippen LogP contribution in [0.15, 0.2) is 26.6 Å². The van der Waals surface area contributed by atoms with Crippen molar-refractivity contribution in [3.63, 3.8) is 0 Å². The maximum atomic E-state index is 11.9. The molecule has 2 rings (SSSR count). The van der Waals surface area contributed by atoms with Gasteiger partial charge in [0.2, 0.25) is 5.78 Å². The zero-order chi connectivity index (χ0) is 11.0. The van der Waals surface area contributed by atoms with Crippen LogP contribution in [0.2, 0.25) is 5.02 Å². The number of thiophene rings is 1. The van der Waals surface area contributed by atoms with Crippen LogP contribution in [0.5, 0.6) is 0 Å². The van der Waals surface area contributed by atoms with Crippen LogP contribution in [0, 0.1) is 6.92 Å². The third-order valence-electron chi connectivity index (χ3n) is 1.86. The normalized spacial score (nSPS) is 10.6. The highest BCUT2D eigenvalue weighted by molar-refractivity contribution is 9.11. The zero-order valence-electron chi connectivity index (χ0n) is 7.71. The topological polar surface area (TPSA) is 30.2 Å². The number of hydrogen-bond acceptors (Lipinski definition) is 3. The Labute approximate surface area is 104 Å². The fourth-order valence-corrected chi connectivity index (χ4v) is 2.83. The predicted octanol–water partition coefficient (Wildman–Crippen LogP) is 4.30. The molecule has 0 radical (unpaired) electrons. The average Bonchev–Trinajstić information content (AvgIpc) is 2.74. The summed E-state index contributed by atoms with van der Waals surface area (Å²) >= 11 is 10.4. The van der Waals surface area contributed by atoms with Crippen LogP contribution in [0.3, 0.4) is 0 Å². The fraction of sp³-hybridized carbons (Fsp3) is 0.100. The van der Waals surface area contributed by atoms with Crippen molar-refractivity contribution in [3.05, 3.63) is 43.4 Å². The van der Waals surface area contributed by atoms with Gasteiger partial charge in [-0.05, 0) is 35.0 Å². The molecule has 0 amide bonds. The highest BCUT2D eigenvalue weighted by Crippen LogP contribution is 2.33. The molecule has 0 saturated carbocycles. The molecule has 2 heterocycles. The van der Waals surface area contributed by atoms with Gasteiger partial charge in [-0.3, -0.25) is 4.79 Å². The second-order valence-corrected chi connectivity index (χ2v) is 5.78. The van der Waals surface area contributed by atoms with Crippen molar-refractivity contribution in [2.24, 2.45) is 0 Å². The summed E-state index contributed by atoms with van der Waals surface area (Å²) in [7, 11) is 0. The van der Waals surface area contributed by atoms with Gasteiger partial charge >= 0.3 is 0 Å². The summed E-state index contributed by atoms with van der Waals surface area (Å²) in [5, 5.41) is 0.559. The number of aryl methyl sites for hydroxylation is 1. The summed E-state index contributed by atoms with van der Waals surface area (Å²) in [4.78, 5) is 12.5. The highest BCUT2D eigenvalue weighted by atomic mass is 79.9. The molecule has 2 aromatic heterocycles. The first kappa shape index (κ1) is 10.9. The van der Waals surface area contributed by atoms with Gasteiger partial charge in [-0.2, -0.15) is 0 Å². The minimum absolute atomic E-state index is 0.0653. The van der Waals surface area contributed by atoms with Gasteiger partial charge in [-0.15, -0.1) is 11.3 Å². The number of hydrogen-bond donors (Lipinski definition) is 0. The Bertz CT molecular complexity index is 496. The molecule has 0 aromatic carbocycles. The summed E-state index contributed by atoms with van der Waals surface area (Å²) in [6.45, 7) is 1.80. The first-order valence-electron chi connectivity index (χ1n) is 4.12. The molecule has 78 valence electrons. The average molecular weight is 306 g/mol. The van der Waals surface area contributed by atoms with Crippen molar-refractivity contribution in [1.29, 1.82) is 0 Å². The Morgan fingerprint density at radius 2 is 2.27 bits per heavy atom. The maximum absolute atomic E-state index is 11.9. The number of ketones is 1. The molecular formula is C10H6BrClO2S. The summed E-state index contributed by atoms with van der Waals surface area (Å²) in [5.41, 5.74) is 0.554. The highest BCUT2D eigenvalue weighted by Gasteiger charge is 2.15. The van der Waals surface area contributed by atoms with Crippen LogP contribution in [0.4, 0.5) is 0 Å². The fourth-order valence-electron chi connectivity index (χ4n) is 1.16. The molecule has 0 aliphatic carbocycles. The molecular weight excluding hydrogens is 300 g/mol. The van der Waals surface area contributed by atoms with Gasteiger partial charge < -0.3 is 4.42 Å². The molecule has 0 atom stereocenters. The molecule has 0 spiro atoms. The molecule has 0 saturated heterocycles. The van der Waals surface area contributed by atoms with E-state index in [9.17, 15) is 4.79 Å². The van der Waals surface area contributed by atoms with Gasteiger partial charge in [0.1, 0.15) is 12.0 Å². The Hall–Kier alpha value is -0.580. The Balaban J connectivity index is 2.36. The summed E-state index contributed by atoms with van der Waals surface area (Å²) in [6, 6.07) is 3.37. The molecule has 0 bridgehead atoms. The Morgan fingerprint density at radius 1 is 1.53 bits per heavy atom. The molecule has 0 N–H and O–H groups in total. The third kappa shape index (κ3) is 2.17. The molecule has 5 heteroatoms. The van der Waals surface area contributed by atoms with Crippen LogP contribution in [0.25, 0.3) is 0 Å². The minimum atomic E-state index is -0.0653. The second kappa shape index (κ2) is 4.12. The molecule has 2 aromatic rings. The van der Waals surface area contributed by atoms with E-state index in [0.717, 1.165) is 9.55 Å². The van der Waals surface area contributed by atoms with Crippen molar-refractivity contribution in [2.75, 3.05) is 0 Å². The Morgan fingerprint density at radius 3 is 2.73 bits per heavy atom. The van der Waals surface area contributed by atoms with E-state index in [2.05, 4.69) is 15.9 Å². The molecule has 0 unspecified atom stereocenters. The van der Waals surface area contributed by atoms with Gasteiger partial charge in [-0.1, -0.05) is 11.6 Å². The number of halogens is 2. The van der Waals surface area contributed by atoms with Gasteiger partial charge in [-0.25, -0.2) is 0 Å². The predicted molar refractivity (Wildman–Crippen MR) is 63.9 cm³/mol. The Kier molecular flexibility index (Phi) is 3.00. The van der Waals surface area contributed by atoms with Gasteiger partial charge in [0, 0.05) is 0 Å². The number of rotatable bonds is 2. The second-order valence-electron chi connectivity index (χ2n) is 3.01. The summed E-state index contributed by atoms with van der Waals surface area (Å²) < 4.78 is 5.85. The van der Waals surface area contributed by atoms with Gasteiger partial charge in [0.05, 0.1) is 19.2 Å². The molecule has 15 heavy (non-hydrogen) atoms. The van der Waals surface area contributed by atoms with Gasteiger partial charge in [0.25, 0.3) is 0 Å². The molecule has 0 aliphatic heterocycles. The van der Waals surface area contributed by atoms with Crippen molar-refractivity contribution in [1.82, 2.24) is 0 Å². The largest absolute Gasteiger partial charge is 0.469 e. The van der Waals surface area contributed by atoms with Crippen LogP contribution < -0.4 is 0 Å². The van der Waals surface area contributed by atoms with E-state index in [1.165, 1.54) is 17.6 Å². The van der Waals surface area contributed by atoms with E-state index >= 15 is 0 Å². The number of furan rings is 1. The van der Waals surface area contributed by atoms with Crippen LogP contribution in [-0.4, -0.2) is 5.78 Å². The molecule has 0 fully saturated rings. The summed E-state index contributed by atoms with van der Waals surface area (Å²) in [6.07, 6.45) is 1.46. The SMILES string of the molecule is Cc1cc(C(=O)c2cc(Cl)c(Br)s2)co1. The number of carbonyl (C=O) groups excluding carboxylic acids is 1. The third-order valence-corrected chi connectivity index (χ3v) is 4.34. The number of carbonyl (C=O) groups is 1. The van der Waals surface area contributed by atoms with Crippen LogP contribution in [0.1, 0.15) is 21.0 Å². The van der Waals surface area contributed by atoms with E-state index in [1.54, 1.807) is 19.1 Å². The maximum Gasteiger partial charge on any atom is 0.206 e. The zero-order valence-corrected chi connectivity index (χ0v) is 10.9. The summed E-state index contributed by atoms with van der Waals surface area (Å²) in [5.74, 6) is 0.657.